The first-order valence-corrected chi connectivity index (χ1v) is 9.51. The van der Waals surface area contributed by atoms with Gasteiger partial charge in [0.2, 0.25) is 5.91 Å². The van der Waals surface area contributed by atoms with Crippen molar-refractivity contribution in [1.29, 1.82) is 0 Å². The van der Waals surface area contributed by atoms with E-state index in [1.165, 1.54) is 0 Å². The normalized spacial score (nSPS) is 17.0. The summed E-state index contributed by atoms with van der Waals surface area (Å²) in [5, 5.41) is 9.27. The number of likely N-dealkylation sites (tertiary alicyclic amines) is 1. The van der Waals surface area contributed by atoms with E-state index in [1.807, 2.05) is 30.2 Å². The van der Waals surface area contributed by atoms with Crippen molar-refractivity contribution in [2.75, 3.05) is 25.1 Å². The number of carboxylic acids is 1. The summed E-state index contributed by atoms with van der Waals surface area (Å²) in [4.78, 5) is 25.6. The molecule has 1 fully saturated rings. The summed E-state index contributed by atoms with van der Waals surface area (Å²) in [6.45, 7) is 3.57. The first-order valence-electron chi connectivity index (χ1n) is 8.11. The van der Waals surface area contributed by atoms with Crippen LogP contribution in [-0.4, -0.2) is 47.0 Å². The highest BCUT2D eigenvalue weighted by molar-refractivity contribution is 7.98. The topological polar surface area (TPSA) is 57.6 Å². The monoisotopic (exact) mass is 335 g/mol. The first kappa shape index (κ1) is 17.9. The third-order valence-electron chi connectivity index (χ3n) is 4.52. The number of thioether (sulfide) groups is 1. The zero-order valence-corrected chi connectivity index (χ0v) is 14.6. The lowest BCUT2D eigenvalue weighted by molar-refractivity contribution is -0.135. The Kier molecular flexibility index (Phi) is 6.51. The molecule has 1 aliphatic rings. The average Bonchev–Trinajstić information content (AvgIpc) is 2.55. The van der Waals surface area contributed by atoms with Crippen LogP contribution in [0.5, 0.6) is 0 Å². The van der Waals surface area contributed by atoms with Gasteiger partial charge in [0.15, 0.2) is 0 Å². The number of hydrogen-bond donors (Lipinski definition) is 1. The van der Waals surface area contributed by atoms with Gasteiger partial charge in [-0.25, -0.2) is 4.79 Å². The Morgan fingerprint density at radius 2 is 1.96 bits per heavy atom. The SMILES string of the molecule is CSCC(C)C(=O)N1CCC(Cc2ccccc2C(=O)O)CC1. The molecule has 1 saturated heterocycles. The van der Waals surface area contributed by atoms with Gasteiger partial charge in [-0.3, -0.25) is 4.79 Å². The van der Waals surface area contributed by atoms with E-state index in [1.54, 1.807) is 23.9 Å². The quantitative estimate of drug-likeness (QED) is 0.867. The Hall–Kier alpha value is -1.49. The van der Waals surface area contributed by atoms with E-state index < -0.39 is 5.97 Å². The molecular formula is C18H25NO3S. The van der Waals surface area contributed by atoms with Gasteiger partial charge in [-0.1, -0.05) is 25.1 Å². The van der Waals surface area contributed by atoms with Gasteiger partial charge in [0, 0.05) is 24.8 Å². The largest absolute Gasteiger partial charge is 0.478 e. The molecule has 1 amide bonds. The fourth-order valence-corrected chi connectivity index (χ4v) is 3.85. The molecule has 1 aromatic rings. The van der Waals surface area contributed by atoms with Crippen LogP contribution in [0.25, 0.3) is 0 Å². The molecule has 0 radical (unpaired) electrons. The van der Waals surface area contributed by atoms with Gasteiger partial charge in [-0.2, -0.15) is 11.8 Å². The fraction of sp³-hybridized carbons (Fsp3) is 0.556. The number of rotatable bonds is 6. The van der Waals surface area contributed by atoms with E-state index in [2.05, 4.69) is 0 Å². The lowest BCUT2D eigenvalue weighted by Gasteiger charge is -2.33. The second-order valence-electron chi connectivity index (χ2n) is 6.29. The number of carbonyl (C=O) groups is 2. The van der Waals surface area contributed by atoms with Crippen molar-refractivity contribution >= 4 is 23.6 Å². The van der Waals surface area contributed by atoms with E-state index in [-0.39, 0.29) is 11.8 Å². The molecule has 126 valence electrons. The number of aromatic carboxylic acids is 1. The molecule has 1 aliphatic heterocycles. The second-order valence-corrected chi connectivity index (χ2v) is 7.20. The number of benzene rings is 1. The molecular weight excluding hydrogens is 310 g/mol. The minimum absolute atomic E-state index is 0.0780. The summed E-state index contributed by atoms with van der Waals surface area (Å²) in [6, 6.07) is 7.23. The number of carboxylic acid groups (broad SMARTS) is 1. The maximum Gasteiger partial charge on any atom is 0.335 e. The van der Waals surface area contributed by atoms with Gasteiger partial charge < -0.3 is 10.0 Å². The van der Waals surface area contributed by atoms with Crippen LogP contribution in [0, 0.1) is 11.8 Å². The molecule has 1 aromatic carbocycles. The minimum atomic E-state index is -0.862. The zero-order chi connectivity index (χ0) is 16.8. The summed E-state index contributed by atoms with van der Waals surface area (Å²) < 4.78 is 0. The van der Waals surface area contributed by atoms with Crippen LogP contribution in [0.3, 0.4) is 0 Å². The molecule has 0 saturated carbocycles. The molecule has 1 atom stereocenters. The van der Waals surface area contributed by atoms with Crippen LogP contribution < -0.4 is 0 Å². The fourth-order valence-electron chi connectivity index (χ4n) is 3.21. The van der Waals surface area contributed by atoms with E-state index in [0.717, 1.165) is 43.7 Å². The Morgan fingerprint density at radius 3 is 2.57 bits per heavy atom. The summed E-state index contributed by atoms with van der Waals surface area (Å²) in [5.41, 5.74) is 1.31. The second kappa shape index (κ2) is 8.39. The Labute approximate surface area is 142 Å². The molecule has 0 aliphatic carbocycles. The lowest BCUT2D eigenvalue weighted by atomic mass is 9.88. The van der Waals surface area contributed by atoms with E-state index in [0.29, 0.717) is 11.5 Å². The molecule has 0 spiro atoms. The summed E-state index contributed by atoms with van der Waals surface area (Å²) in [6.07, 6.45) is 4.71. The summed E-state index contributed by atoms with van der Waals surface area (Å²) in [7, 11) is 0. The molecule has 4 nitrogen and oxygen atoms in total. The minimum Gasteiger partial charge on any atom is -0.478 e. The van der Waals surface area contributed by atoms with Gasteiger partial charge in [-0.05, 0) is 43.1 Å². The highest BCUT2D eigenvalue weighted by Crippen LogP contribution is 2.24. The number of hydrogen-bond acceptors (Lipinski definition) is 3. The lowest BCUT2D eigenvalue weighted by Crippen LogP contribution is -2.42. The van der Waals surface area contributed by atoms with Crippen molar-refractivity contribution in [3.63, 3.8) is 0 Å². The maximum absolute atomic E-state index is 12.3. The zero-order valence-electron chi connectivity index (χ0n) is 13.8. The highest BCUT2D eigenvalue weighted by atomic mass is 32.2. The van der Waals surface area contributed by atoms with Crippen LogP contribution in [0.2, 0.25) is 0 Å². The standard InChI is InChI=1S/C18H25NO3S/c1-13(12-23-2)17(20)19-9-7-14(8-10-19)11-15-5-3-4-6-16(15)18(21)22/h3-6,13-14H,7-12H2,1-2H3,(H,21,22). The summed E-state index contributed by atoms with van der Waals surface area (Å²) in [5.74, 6) is 0.789. The van der Waals surface area contributed by atoms with E-state index in [9.17, 15) is 14.7 Å². The molecule has 23 heavy (non-hydrogen) atoms. The number of nitrogens with zero attached hydrogens (tertiary/aromatic N) is 1. The van der Waals surface area contributed by atoms with Crippen LogP contribution >= 0.6 is 11.8 Å². The third-order valence-corrected chi connectivity index (χ3v) is 5.35. The van der Waals surface area contributed by atoms with Crippen LogP contribution in [0.15, 0.2) is 24.3 Å². The molecule has 0 bridgehead atoms. The Balaban J connectivity index is 1.90. The third kappa shape index (κ3) is 4.74. The van der Waals surface area contributed by atoms with Crippen LogP contribution in [0.1, 0.15) is 35.7 Å². The average molecular weight is 335 g/mol. The number of piperidine rings is 1. The van der Waals surface area contributed by atoms with Gasteiger partial charge in [0.25, 0.3) is 0 Å². The molecule has 1 heterocycles. The van der Waals surface area contributed by atoms with Crippen molar-refractivity contribution in [2.45, 2.75) is 26.2 Å². The van der Waals surface area contributed by atoms with E-state index in [4.69, 9.17) is 0 Å². The Morgan fingerprint density at radius 1 is 1.30 bits per heavy atom. The van der Waals surface area contributed by atoms with Crippen LogP contribution in [-0.2, 0) is 11.2 Å². The molecule has 2 rings (SSSR count). The molecule has 1 N–H and O–H groups in total. The number of carbonyl (C=O) groups excluding carboxylic acids is 1. The van der Waals surface area contributed by atoms with Crippen molar-refractivity contribution in [3.8, 4) is 0 Å². The van der Waals surface area contributed by atoms with Crippen molar-refractivity contribution < 1.29 is 14.7 Å². The van der Waals surface area contributed by atoms with Crippen molar-refractivity contribution in [2.24, 2.45) is 11.8 Å². The molecule has 1 unspecified atom stereocenters. The van der Waals surface area contributed by atoms with Gasteiger partial charge in [-0.15, -0.1) is 0 Å². The smallest absolute Gasteiger partial charge is 0.335 e. The highest BCUT2D eigenvalue weighted by Gasteiger charge is 2.26. The predicted octanol–water partition coefficient (Wildman–Crippen LogP) is 3.17. The van der Waals surface area contributed by atoms with Crippen molar-refractivity contribution in [3.05, 3.63) is 35.4 Å². The maximum atomic E-state index is 12.3. The Bertz CT molecular complexity index is 553. The van der Waals surface area contributed by atoms with Gasteiger partial charge in [0.05, 0.1) is 5.56 Å². The van der Waals surface area contributed by atoms with E-state index >= 15 is 0 Å². The van der Waals surface area contributed by atoms with Gasteiger partial charge in [0.1, 0.15) is 0 Å². The van der Waals surface area contributed by atoms with Crippen LogP contribution in [0.4, 0.5) is 0 Å². The molecule has 5 heteroatoms. The predicted molar refractivity (Wildman–Crippen MR) is 94.0 cm³/mol. The first-order chi connectivity index (χ1) is 11.0. The molecule has 0 aromatic heterocycles. The van der Waals surface area contributed by atoms with Gasteiger partial charge >= 0.3 is 5.97 Å². The summed E-state index contributed by atoms with van der Waals surface area (Å²) >= 11 is 1.71. The van der Waals surface area contributed by atoms with Crippen molar-refractivity contribution in [1.82, 2.24) is 4.90 Å². The number of amides is 1.